The standard InChI is InChI=1S/C28H51NO3/c1-7-8-9-22(6)16-25(30)10-11-26-27-18-23(17-24(27)19-28(26)31)12-14-32-15-13-29(20(2)3)21(4)5/h10-11,17,20-22,24-28,30-31H,7-9,12-16,18-19H2,1-6H3/t22-,24-,25+,26+,27-,28+/m0/s1. The molecule has 6 atom stereocenters. The maximum absolute atomic E-state index is 10.6. The Morgan fingerprint density at radius 2 is 1.88 bits per heavy atom. The molecule has 0 amide bonds. The third-order valence-corrected chi connectivity index (χ3v) is 7.59. The van der Waals surface area contributed by atoms with Crippen LogP contribution in [0.3, 0.4) is 0 Å². The van der Waals surface area contributed by atoms with Gasteiger partial charge in [-0.2, -0.15) is 0 Å². The molecule has 2 rings (SSSR count). The second-order valence-corrected chi connectivity index (χ2v) is 11.0. The number of ether oxygens (including phenoxy) is 1. The van der Waals surface area contributed by atoms with E-state index in [1.807, 2.05) is 6.08 Å². The fraction of sp³-hybridized carbons (Fsp3) is 0.857. The van der Waals surface area contributed by atoms with Crippen molar-refractivity contribution in [3.05, 3.63) is 23.8 Å². The second kappa shape index (κ2) is 13.9. The molecule has 2 aliphatic carbocycles. The number of nitrogens with zero attached hydrogens (tertiary/aromatic N) is 1. The van der Waals surface area contributed by atoms with Gasteiger partial charge in [-0.15, -0.1) is 0 Å². The lowest BCUT2D eigenvalue weighted by Gasteiger charge is -2.30. The number of hydrogen-bond acceptors (Lipinski definition) is 4. The van der Waals surface area contributed by atoms with E-state index in [1.54, 1.807) is 0 Å². The second-order valence-electron chi connectivity index (χ2n) is 11.0. The molecule has 0 saturated heterocycles. The number of fused-ring (bicyclic) bond motifs is 1. The number of aliphatic hydroxyl groups is 2. The van der Waals surface area contributed by atoms with E-state index < -0.39 is 6.10 Å². The molecule has 0 aromatic carbocycles. The van der Waals surface area contributed by atoms with Crippen LogP contribution in [-0.2, 0) is 4.74 Å². The van der Waals surface area contributed by atoms with Gasteiger partial charge in [0.2, 0.25) is 0 Å². The first-order valence-corrected chi connectivity index (χ1v) is 13.3. The van der Waals surface area contributed by atoms with E-state index in [0.717, 1.165) is 45.4 Å². The smallest absolute Gasteiger partial charge is 0.0723 e. The van der Waals surface area contributed by atoms with Crippen molar-refractivity contribution in [2.75, 3.05) is 19.8 Å². The highest BCUT2D eigenvalue weighted by atomic mass is 16.5. The van der Waals surface area contributed by atoms with Crippen molar-refractivity contribution in [1.82, 2.24) is 4.90 Å². The summed E-state index contributed by atoms with van der Waals surface area (Å²) < 4.78 is 5.96. The fourth-order valence-corrected chi connectivity index (χ4v) is 5.80. The van der Waals surface area contributed by atoms with E-state index in [9.17, 15) is 10.2 Å². The van der Waals surface area contributed by atoms with Crippen LogP contribution in [0.1, 0.15) is 86.5 Å². The zero-order valence-corrected chi connectivity index (χ0v) is 21.7. The summed E-state index contributed by atoms with van der Waals surface area (Å²) >= 11 is 0. The monoisotopic (exact) mass is 449 g/mol. The van der Waals surface area contributed by atoms with Crippen molar-refractivity contribution in [1.29, 1.82) is 0 Å². The van der Waals surface area contributed by atoms with Gasteiger partial charge in [0.25, 0.3) is 0 Å². The first-order chi connectivity index (χ1) is 15.2. The fourth-order valence-electron chi connectivity index (χ4n) is 5.80. The van der Waals surface area contributed by atoms with Crippen LogP contribution in [0.15, 0.2) is 23.8 Å². The average molecular weight is 450 g/mol. The molecule has 0 aliphatic heterocycles. The molecular formula is C28H51NO3. The summed E-state index contributed by atoms with van der Waals surface area (Å²) in [6.07, 6.45) is 13.2. The molecule has 2 N–H and O–H groups in total. The minimum Gasteiger partial charge on any atom is -0.392 e. The molecule has 2 aliphatic rings. The van der Waals surface area contributed by atoms with Crippen molar-refractivity contribution in [2.45, 2.75) is 111 Å². The van der Waals surface area contributed by atoms with Crippen molar-refractivity contribution < 1.29 is 14.9 Å². The summed E-state index contributed by atoms with van der Waals surface area (Å²) in [6, 6.07) is 1.09. The summed E-state index contributed by atoms with van der Waals surface area (Å²) in [4.78, 5) is 2.47. The Morgan fingerprint density at radius 1 is 1.16 bits per heavy atom. The van der Waals surface area contributed by atoms with Crippen molar-refractivity contribution >= 4 is 0 Å². The molecule has 0 radical (unpaired) electrons. The summed E-state index contributed by atoms with van der Waals surface area (Å²) in [5, 5.41) is 21.0. The first kappa shape index (κ1) is 27.6. The highest BCUT2D eigenvalue weighted by Gasteiger charge is 2.43. The Morgan fingerprint density at radius 3 is 2.53 bits per heavy atom. The van der Waals surface area contributed by atoms with Gasteiger partial charge in [0.1, 0.15) is 0 Å². The molecule has 4 nitrogen and oxygen atoms in total. The van der Waals surface area contributed by atoms with Crippen LogP contribution in [0.5, 0.6) is 0 Å². The van der Waals surface area contributed by atoms with Gasteiger partial charge in [-0.05, 0) is 71.1 Å². The Kier molecular flexibility index (Phi) is 12.0. The van der Waals surface area contributed by atoms with E-state index >= 15 is 0 Å². The van der Waals surface area contributed by atoms with Crippen molar-refractivity contribution in [2.24, 2.45) is 23.7 Å². The Balaban J connectivity index is 1.73. The zero-order chi connectivity index (χ0) is 23.7. The Hall–Kier alpha value is -0.680. The van der Waals surface area contributed by atoms with Gasteiger partial charge in [0, 0.05) is 24.5 Å². The summed E-state index contributed by atoms with van der Waals surface area (Å²) in [6.45, 7) is 16.0. The lowest BCUT2D eigenvalue weighted by atomic mass is 9.88. The van der Waals surface area contributed by atoms with Gasteiger partial charge >= 0.3 is 0 Å². The van der Waals surface area contributed by atoms with Crippen LogP contribution < -0.4 is 0 Å². The van der Waals surface area contributed by atoms with Crippen LogP contribution in [0.2, 0.25) is 0 Å². The summed E-state index contributed by atoms with van der Waals surface area (Å²) in [5.74, 6) is 1.68. The van der Waals surface area contributed by atoms with Crippen LogP contribution in [0.4, 0.5) is 0 Å². The van der Waals surface area contributed by atoms with Gasteiger partial charge in [0.15, 0.2) is 0 Å². The van der Waals surface area contributed by atoms with E-state index in [-0.39, 0.29) is 12.0 Å². The van der Waals surface area contributed by atoms with E-state index in [2.05, 4.69) is 58.6 Å². The van der Waals surface area contributed by atoms with Gasteiger partial charge in [0.05, 0.1) is 25.4 Å². The minimum atomic E-state index is -0.397. The molecule has 186 valence electrons. The summed E-state index contributed by atoms with van der Waals surface area (Å²) in [7, 11) is 0. The van der Waals surface area contributed by atoms with Gasteiger partial charge < -0.3 is 14.9 Å². The average Bonchev–Trinajstić information content (AvgIpc) is 3.23. The summed E-state index contributed by atoms with van der Waals surface area (Å²) in [5.41, 5.74) is 1.49. The molecule has 32 heavy (non-hydrogen) atoms. The van der Waals surface area contributed by atoms with E-state index in [0.29, 0.717) is 29.8 Å². The van der Waals surface area contributed by atoms with E-state index in [1.165, 1.54) is 24.8 Å². The number of rotatable bonds is 15. The predicted molar refractivity (Wildman–Crippen MR) is 135 cm³/mol. The van der Waals surface area contributed by atoms with Crippen LogP contribution in [-0.4, -0.2) is 59.2 Å². The number of allylic oxidation sites excluding steroid dienone is 1. The number of aliphatic hydroxyl groups excluding tert-OH is 2. The van der Waals surface area contributed by atoms with Gasteiger partial charge in [-0.3, -0.25) is 4.90 Å². The Bertz CT molecular complexity index is 577. The highest BCUT2D eigenvalue weighted by molar-refractivity contribution is 5.21. The SMILES string of the molecule is CCCC[C@H](C)C[C@H](O)C=C[C@@H]1[C@H]2CC(CCOCCN(C(C)C)C(C)C)=C[C@H]2C[C@H]1O. The molecule has 0 heterocycles. The zero-order valence-electron chi connectivity index (χ0n) is 21.7. The first-order valence-electron chi connectivity index (χ1n) is 13.3. The molecule has 1 saturated carbocycles. The van der Waals surface area contributed by atoms with E-state index in [4.69, 9.17) is 4.74 Å². The molecule has 1 fully saturated rings. The Labute approximate surface area is 198 Å². The predicted octanol–water partition coefficient (Wildman–Crippen LogP) is 5.59. The normalized spacial score (nSPS) is 27.7. The van der Waals surface area contributed by atoms with Crippen LogP contribution in [0, 0.1) is 23.7 Å². The van der Waals surface area contributed by atoms with Crippen molar-refractivity contribution in [3.8, 4) is 0 Å². The van der Waals surface area contributed by atoms with Gasteiger partial charge in [-0.1, -0.05) is 56.9 Å². The third kappa shape index (κ3) is 8.59. The topological polar surface area (TPSA) is 52.9 Å². The molecule has 0 bridgehead atoms. The van der Waals surface area contributed by atoms with Crippen LogP contribution >= 0.6 is 0 Å². The molecule has 0 aromatic heterocycles. The maximum atomic E-state index is 10.6. The van der Waals surface area contributed by atoms with Crippen molar-refractivity contribution in [3.63, 3.8) is 0 Å². The molecule has 0 spiro atoms. The molecule has 0 unspecified atom stereocenters. The molecule has 4 heteroatoms. The minimum absolute atomic E-state index is 0.168. The number of unbranched alkanes of at least 4 members (excludes halogenated alkanes) is 1. The van der Waals surface area contributed by atoms with Crippen LogP contribution in [0.25, 0.3) is 0 Å². The molecular weight excluding hydrogens is 398 g/mol. The third-order valence-electron chi connectivity index (χ3n) is 7.59. The quantitative estimate of drug-likeness (QED) is 0.253. The van der Waals surface area contributed by atoms with Gasteiger partial charge in [-0.25, -0.2) is 0 Å². The lowest BCUT2D eigenvalue weighted by molar-refractivity contribution is 0.0796. The highest BCUT2D eigenvalue weighted by Crippen LogP contribution is 2.48. The number of hydrogen-bond donors (Lipinski definition) is 2. The largest absolute Gasteiger partial charge is 0.392 e. The maximum Gasteiger partial charge on any atom is 0.0723 e. The molecule has 0 aromatic rings. The lowest BCUT2D eigenvalue weighted by Crippen LogP contribution is -2.39.